The van der Waals surface area contributed by atoms with E-state index < -0.39 is 0 Å². The highest BCUT2D eigenvalue weighted by Crippen LogP contribution is 2.02. The first kappa shape index (κ1) is 12.2. The Hall–Kier alpha value is -0.830. The van der Waals surface area contributed by atoms with Gasteiger partial charge in [0, 0.05) is 30.4 Å². The van der Waals surface area contributed by atoms with E-state index in [-0.39, 0.29) is 5.54 Å². The van der Waals surface area contributed by atoms with Gasteiger partial charge in [0.05, 0.1) is 0 Å². The number of nitrogens with zero attached hydrogens (tertiary/aromatic N) is 1. The zero-order chi connectivity index (χ0) is 11.3. The van der Waals surface area contributed by atoms with Crippen LogP contribution in [0.25, 0.3) is 0 Å². The first-order valence-corrected chi connectivity index (χ1v) is 5.79. The second kappa shape index (κ2) is 5.31. The number of H-pyrrole nitrogens is 1. The van der Waals surface area contributed by atoms with Gasteiger partial charge >= 0.3 is 0 Å². The summed E-state index contributed by atoms with van der Waals surface area (Å²) in [6.07, 6.45) is 5.19. The van der Waals surface area contributed by atoms with Crippen LogP contribution >= 0.6 is 0 Å². The third kappa shape index (κ3) is 4.98. The van der Waals surface area contributed by atoms with Crippen LogP contribution in [0.15, 0.2) is 6.20 Å². The molecule has 1 rings (SSSR count). The maximum Gasteiger partial charge on any atom is 0.107 e. The van der Waals surface area contributed by atoms with Crippen molar-refractivity contribution in [2.24, 2.45) is 0 Å². The Morgan fingerprint density at radius 2 is 2.07 bits per heavy atom. The number of hydrogen-bond acceptors (Lipinski definition) is 2. The summed E-state index contributed by atoms with van der Waals surface area (Å²) in [5, 5.41) is 3.45. The molecule has 0 spiro atoms. The molecule has 0 aliphatic carbocycles. The van der Waals surface area contributed by atoms with E-state index in [0.717, 1.165) is 25.2 Å². The van der Waals surface area contributed by atoms with Crippen LogP contribution in [0.2, 0.25) is 0 Å². The lowest BCUT2D eigenvalue weighted by atomic mass is 10.1. The van der Waals surface area contributed by atoms with E-state index in [1.54, 1.807) is 0 Å². The molecular formula is C12H23N3. The van der Waals surface area contributed by atoms with Crippen LogP contribution in [0.3, 0.4) is 0 Å². The monoisotopic (exact) mass is 209 g/mol. The Morgan fingerprint density at radius 1 is 1.33 bits per heavy atom. The molecule has 0 saturated carbocycles. The summed E-state index contributed by atoms with van der Waals surface area (Å²) >= 11 is 0. The van der Waals surface area contributed by atoms with Crippen molar-refractivity contribution in [3.63, 3.8) is 0 Å². The summed E-state index contributed by atoms with van der Waals surface area (Å²) in [5.41, 5.74) is 1.45. The zero-order valence-corrected chi connectivity index (χ0v) is 10.4. The number of aromatic amines is 1. The lowest BCUT2D eigenvalue weighted by molar-refractivity contribution is 0.427. The largest absolute Gasteiger partial charge is 0.346 e. The average molecular weight is 209 g/mol. The van der Waals surface area contributed by atoms with E-state index in [1.165, 1.54) is 12.1 Å². The molecule has 3 nitrogen and oxygen atoms in total. The molecule has 3 heteroatoms. The van der Waals surface area contributed by atoms with Crippen molar-refractivity contribution in [1.29, 1.82) is 0 Å². The lowest BCUT2D eigenvalue weighted by Gasteiger charge is -2.19. The number of aryl methyl sites for hydroxylation is 1. The van der Waals surface area contributed by atoms with Gasteiger partial charge in [0.2, 0.25) is 0 Å². The van der Waals surface area contributed by atoms with Crippen molar-refractivity contribution in [2.75, 3.05) is 6.54 Å². The Morgan fingerprint density at radius 3 is 2.67 bits per heavy atom. The predicted molar refractivity (Wildman–Crippen MR) is 64.0 cm³/mol. The fraction of sp³-hybridized carbons (Fsp3) is 0.750. The van der Waals surface area contributed by atoms with Crippen molar-refractivity contribution < 1.29 is 0 Å². The minimum Gasteiger partial charge on any atom is -0.346 e. The van der Waals surface area contributed by atoms with Crippen molar-refractivity contribution in [3.05, 3.63) is 17.7 Å². The molecule has 0 aliphatic heterocycles. The molecule has 15 heavy (non-hydrogen) atoms. The minimum atomic E-state index is 0.193. The lowest BCUT2D eigenvalue weighted by Crippen LogP contribution is -2.37. The van der Waals surface area contributed by atoms with Crippen LogP contribution in [0, 0.1) is 0 Å². The summed E-state index contributed by atoms with van der Waals surface area (Å²) in [6.45, 7) is 9.69. The highest BCUT2D eigenvalue weighted by atomic mass is 15.0. The summed E-state index contributed by atoms with van der Waals surface area (Å²) in [5.74, 6) is 1.09. The third-order valence-corrected chi connectivity index (χ3v) is 2.22. The van der Waals surface area contributed by atoms with Crippen molar-refractivity contribution >= 4 is 0 Å². The van der Waals surface area contributed by atoms with E-state index in [9.17, 15) is 0 Å². The van der Waals surface area contributed by atoms with Gasteiger partial charge in [0.15, 0.2) is 0 Å². The SMILES string of the molecule is CCCc1cnc(CCNC(C)(C)C)[nH]1. The molecule has 0 aliphatic rings. The number of nitrogens with one attached hydrogen (secondary N) is 2. The molecule has 0 bridgehead atoms. The smallest absolute Gasteiger partial charge is 0.107 e. The van der Waals surface area contributed by atoms with Crippen LogP contribution < -0.4 is 5.32 Å². The van der Waals surface area contributed by atoms with E-state index in [4.69, 9.17) is 0 Å². The normalized spacial score (nSPS) is 12.0. The Kier molecular flexibility index (Phi) is 4.33. The van der Waals surface area contributed by atoms with Gasteiger partial charge in [0.1, 0.15) is 5.82 Å². The van der Waals surface area contributed by atoms with Crippen molar-refractivity contribution in [3.8, 4) is 0 Å². The number of hydrogen-bond donors (Lipinski definition) is 2. The van der Waals surface area contributed by atoms with Gasteiger partial charge in [-0.25, -0.2) is 4.98 Å². The fourth-order valence-corrected chi connectivity index (χ4v) is 1.49. The van der Waals surface area contributed by atoms with Gasteiger partial charge < -0.3 is 10.3 Å². The number of imidazole rings is 1. The summed E-state index contributed by atoms with van der Waals surface area (Å²) in [6, 6.07) is 0. The van der Waals surface area contributed by atoms with E-state index >= 15 is 0 Å². The highest BCUT2D eigenvalue weighted by molar-refractivity contribution is 5.01. The summed E-state index contributed by atoms with van der Waals surface area (Å²) in [7, 11) is 0. The molecule has 0 amide bonds. The second-order valence-electron chi connectivity index (χ2n) is 5.03. The molecule has 86 valence electrons. The molecule has 1 aromatic heterocycles. The molecule has 0 atom stereocenters. The molecule has 1 aromatic rings. The molecule has 0 unspecified atom stereocenters. The van der Waals surface area contributed by atoms with Crippen LogP contribution in [0.1, 0.15) is 45.6 Å². The quantitative estimate of drug-likeness (QED) is 0.781. The molecule has 0 saturated heterocycles. The van der Waals surface area contributed by atoms with Gasteiger partial charge in [-0.15, -0.1) is 0 Å². The van der Waals surface area contributed by atoms with Crippen LogP contribution in [0.4, 0.5) is 0 Å². The molecule has 0 aromatic carbocycles. The van der Waals surface area contributed by atoms with Crippen LogP contribution in [0.5, 0.6) is 0 Å². The fourth-order valence-electron chi connectivity index (χ4n) is 1.49. The Bertz CT molecular complexity index is 283. The van der Waals surface area contributed by atoms with E-state index in [2.05, 4.69) is 43.0 Å². The minimum absolute atomic E-state index is 0.193. The van der Waals surface area contributed by atoms with Gasteiger partial charge in [-0.05, 0) is 27.2 Å². The summed E-state index contributed by atoms with van der Waals surface area (Å²) < 4.78 is 0. The summed E-state index contributed by atoms with van der Waals surface area (Å²) in [4.78, 5) is 7.71. The average Bonchev–Trinajstić information content (AvgIpc) is 2.51. The van der Waals surface area contributed by atoms with E-state index in [1.807, 2.05) is 6.20 Å². The number of rotatable bonds is 5. The molecule has 1 heterocycles. The van der Waals surface area contributed by atoms with Crippen LogP contribution in [-0.4, -0.2) is 22.1 Å². The second-order valence-corrected chi connectivity index (χ2v) is 5.03. The maximum absolute atomic E-state index is 4.36. The number of aromatic nitrogens is 2. The molecular weight excluding hydrogens is 186 g/mol. The van der Waals surface area contributed by atoms with Crippen LogP contribution in [-0.2, 0) is 12.8 Å². The topological polar surface area (TPSA) is 40.7 Å². The molecule has 0 radical (unpaired) electrons. The maximum atomic E-state index is 4.36. The van der Waals surface area contributed by atoms with Crippen molar-refractivity contribution in [1.82, 2.24) is 15.3 Å². The molecule has 0 fully saturated rings. The Balaban J connectivity index is 2.31. The van der Waals surface area contributed by atoms with E-state index in [0.29, 0.717) is 0 Å². The van der Waals surface area contributed by atoms with Gasteiger partial charge in [-0.3, -0.25) is 0 Å². The molecule has 2 N–H and O–H groups in total. The van der Waals surface area contributed by atoms with Gasteiger partial charge in [-0.2, -0.15) is 0 Å². The van der Waals surface area contributed by atoms with Gasteiger partial charge in [0.25, 0.3) is 0 Å². The highest BCUT2D eigenvalue weighted by Gasteiger charge is 2.08. The predicted octanol–water partition coefficient (Wildman–Crippen LogP) is 2.29. The van der Waals surface area contributed by atoms with Crippen molar-refractivity contribution in [2.45, 2.75) is 52.5 Å². The Labute approximate surface area is 92.7 Å². The first-order chi connectivity index (χ1) is 7.01. The third-order valence-electron chi connectivity index (χ3n) is 2.22. The standard InChI is InChI=1S/C12H23N3/c1-5-6-10-9-13-11(15-10)7-8-14-12(2,3)4/h9,14H,5-8H2,1-4H3,(H,13,15). The van der Waals surface area contributed by atoms with Gasteiger partial charge in [-0.1, -0.05) is 13.3 Å². The zero-order valence-electron chi connectivity index (χ0n) is 10.4. The first-order valence-electron chi connectivity index (χ1n) is 5.79.